The Balaban J connectivity index is 3.35. The van der Waals surface area contributed by atoms with Crippen LogP contribution >= 0.6 is 0 Å². The van der Waals surface area contributed by atoms with Crippen molar-refractivity contribution in [1.29, 1.82) is 0 Å². The van der Waals surface area contributed by atoms with Crippen LogP contribution in [0.2, 0.25) is 0 Å². The quantitative estimate of drug-likeness (QED) is 0.499. The third kappa shape index (κ3) is 2.34. The van der Waals surface area contributed by atoms with E-state index in [1.54, 1.807) is 0 Å². The van der Waals surface area contributed by atoms with E-state index < -0.39 is 0 Å². The van der Waals surface area contributed by atoms with Crippen LogP contribution in [0, 0.1) is 5.92 Å². The van der Waals surface area contributed by atoms with Crippen molar-refractivity contribution in [3.05, 3.63) is 0 Å². The first-order valence-electron chi connectivity index (χ1n) is 2.50. The van der Waals surface area contributed by atoms with E-state index in [0.29, 0.717) is 6.54 Å². The van der Waals surface area contributed by atoms with E-state index in [-0.39, 0.29) is 11.7 Å². The molecule has 0 unspecified atom stereocenters. The molecule has 0 saturated heterocycles. The van der Waals surface area contributed by atoms with Gasteiger partial charge in [0.2, 0.25) is 0 Å². The summed E-state index contributed by atoms with van der Waals surface area (Å²) in [6.45, 7) is 4.19. The molecule has 7 heavy (non-hydrogen) atoms. The Morgan fingerprint density at radius 1 is 1.71 bits per heavy atom. The van der Waals surface area contributed by atoms with Crippen LogP contribution in [0.15, 0.2) is 0 Å². The largest absolute Gasteiger partial charge is 0.351 e. The Bertz CT molecular complexity index is 68.5. The van der Waals surface area contributed by atoms with Crippen LogP contribution in [0.25, 0.3) is 0 Å². The van der Waals surface area contributed by atoms with Gasteiger partial charge in [0.15, 0.2) is 5.78 Å². The summed E-state index contributed by atoms with van der Waals surface area (Å²) in [7, 11) is 0. The number of ketones is 1. The molecule has 0 rings (SSSR count). The second-order valence-corrected chi connectivity index (χ2v) is 1.87. The van der Waals surface area contributed by atoms with E-state index in [2.05, 4.69) is 5.73 Å². The molecule has 0 aliphatic heterocycles. The summed E-state index contributed by atoms with van der Waals surface area (Å²) >= 11 is 0. The van der Waals surface area contributed by atoms with Gasteiger partial charge in [-0.25, -0.2) is 0 Å². The Labute approximate surface area is 43.7 Å². The monoisotopic (exact) mass is 102 g/mol. The maximum atomic E-state index is 10.4. The molecule has 0 aliphatic rings. The molecule has 3 N–H and O–H groups in total. The van der Waals surface area contributed by atoms with Gasteiger partial charge in [0, 0.05) is 5.92 Å². The van der Waals surface area contributed by atoms with Gasteiger partial charge in [0.25, 0.3) is 0 Å². The van der Waals surface area contributed by atoms with Crippen molar-refractivity contribution in [2.75, 3.05) is 6.54 Å². The highest BCUT2D eigenvalue weighted by molar-refractivity contribution is 5.80. The van der Waals surface area contributed by atoms with Crippen molar-refractivity contribution in [3.8, 4) is 0 Å². The maximum absolute atomic E-state index is 10.4. The highest BCUT2D eigenvalue weighted by Gasteiger charge is 2.03. The van der Waals surface area contributed by atoms with Gasteiger partial charge in [0.1, 0.15) is 6.54 Å². The first-order chi connectivity index (χ1) is 3.18. The predicted octanol–water partition coefficient (Wildman–Crippen LogP) is -0.547. The van der Waals surface area contributed by atoms with Crippen molar-refractivity contribution in [2.24, 2.45) is 5.92 Å². The van der Waals surface area contributed by atoms with Crippen molar-refractivity contribution in [3.63, 3.8) is 0 Å². The third-order valence-electron chi connectivity index (χ3n) is 0.890. The molecule has 0 aromatic rings. The Morgan fingerprint density at radius 3 is 2.14 bits per heavy atom. The number of quaternary nitrogens is 1. The maximum Gasteiger partial charge on any atom is 0.189 e. The molecular formula is C5H12NO+. The van der Waals surface area contributed by atoms with E-state index >= 15 is 0 Å². The van der Waals surface area contributed by atoms with E-state index in [0.717, 1.165) is 0 Å². The van der Waals surface area contributed by atoms with Crippen LogP contribution in [0.5, 0.6) is 0 Å². The van der Waals surface area contributed by atoms with Gasteiger partial charge in [-0.15, -0.1) is 0 Å². The summed E-state index contributed by atoms with van der Waals surface area (Å²) in [4.78, 5) is 10.4. The van der Waals surface area contributed by atoms with E-state index in [9.17, 15) is 4.79 Å². The second-order valence-electron chi connectivity index (χ2n) is 1.87. The Hall–Kier alpha value is -0.370. The third-order valence-corrected chi connectivity index (χ3v) is 0.890. The van der Waals surface area contributed by atoms with E-state index in [1.165, 1.54) is 0 Å². The fourth-order valence-electron chi connectivity index (χ4n) is 0.289. The zero-order chi connectivity index (χ0) is 5.86. The van der Waals surface area contributed by atoms with E-state index in [1.807, 2.05) is 13.8 Å². The molecule has 0 bridgehead atoms. The molecule has 0 spiro atoms. The minimum Gasteiger partial charge on any atom is -0.351 e. The van der Waals surface area contributed by atoms with Crippen molar-refractivity contribution in [2.45, 2.75) is 13.8 Å². The van der Waals surface area contributed by atoms with Gasteiger partial charge in [-0.1, -0.05) is 13.8 Å². The van der Waals surface area contributed by atoms with Gasteiger partial charge in [-0.2, -0.15) is 0 Å². The summed E-state index contributed by atoms with van der Waals surface area (Å²) in [5, 5.41) is 0. The number of rotatable bonds is 2. The minimum absolute atomic E-state index is 0.164. The minimum atomic E-state index is 0.164. The first-order valence-corrected chi connectivity index (χ1v) is 2.50. The summed E-state index contributed by atoms with van der Waals surface area (Å²) in [6.07, 6.45) is 0. The molecule has 42 valence electrons. The van der Waals surface area contributed by atoms with Gasteiger partial charge >= 0.3 is 0 Å². The molecular weight excluding hydrogens is 90.1 g/mol. The standard InChI is InChI=1S/C5H11NO/c1-4(2)5(7)3-6/h4H,3,6H2,1-2H3/p+1. The van der Waals surface area contributed by atoms with Crippen molar-refractivity contribution >= 4 is 5.78 Å². The predicted molar refractivity (Wildman–Crippen MR) is 27.6 cm³/mol. The number of Topliss-reactive ketones (excluding diaryl/α,β-unsaturated/α-hetero) is 1. The summed E-state index contributed by atoms with van der Waals surface area (Å²) in [5.74, 6) is 0.400. The number of carbonyl (C=O) groups excluding carboxylic acids is 1. The fourth-order valence-corrected chi connectivity index (χ4v) is 0.289. The lowest BCUT2D eigenvalue weighted by molar-refractivity contribution is -0.355. The highest BCUT2D eigenvalue weighted by atomic mass is 16.1. The number of hydrogen-bond acceptors (Lipinski definition) is 1. The van der Waals surface area contributed by atoms with Gasteiger partial charge < -0.3 is 5.73 Å². The molecule has 2 heteroatoms. The van der Waals surface area contributed by atoms with Crippen LogP contribution in [0.3, 0.4) is 0 Å². The Morgan fingerprint density at radius 2 is 2.14 bits per heavy atom. The van der Waals surface area contributed by atoms with Crippen LogP contribution in [0.4, 0.5) is 0 Å². The smallest absolute Gasteiger partial charge is 0.189 e. The van der Waals surface area contributed by atoms with Crippen LogP contribution in [-0.2, 0) is 4.79 Å². The number of carbonyl (C=O) groups is 1. The lowest BCUT2D eigenvalue weighted by Crippen LogP contribution is -2.55. The first kappa shape index (κ1) is 6.63. The molecule has 0 fully saturated rings. The molecule has 0 heterocycles. The van der Waals surface area contributed by atoms with Gasteiger partial charge in [-0.3, -0.25) is 4.79 Å². The Kier molecular flexibility index (Phi) is 2.60. The van der Waals surface area contributed by atoms with E-state index in [4.69, 9.17) is 0 Å². The molecule has 0 aromatic carbocycles. The fraction of sp³-hybridized carbons (Fsp3) is 0.800. The number of hydrogen-bond donors (Lipinski definition) is 1. The average molecular weight is 102 g/mol. The summed E-state index contributed by atoms with van der Waals surface area (Å²) in [6, 6.07) is 0. The van der Waals surface area contributed by atoms with Crippen molar-refractivity contribution < 1.29 is 10.5 Å². The van der Waals surface area contributed by atoms with Crippen LogP contribution < -0.4 is 5.73 Å². The summed E-state index contributed by atoms with van der Waals surface area (Å²) < 4.78 is 0. The molecule has 0 aromatic heterocycles. The lowest BCUT2D eigenvalue weighted by atomic mass is 10.1. The highest BCUT2D eigenvalue weighted by Crippen LogP contribution is 1.88. The molecule has 0 amide bonds. The van der Waals surface area contributed by atoms with Crippen molar-refractivity contribution in [1.82, 2.24) is 0 Å². The molecule has 2 nitrogen and oxygen atoms in total. The van der Waals surface area contributed by atoms with Gasteiger partial charge in [0.05, 0.1) is 0 Å². The molecule has 0 atom stereocenters. The molecule has 0 radical (unpaired) electrons. The van der Waals surface area contributed by atoms with Crippen LogP contribution in [-0.4, -0.2) is 12.3 Å². The topological polar surface area (TPSA) is 44.7 Å². The average Bonchev–Trinajstić information content (AvgIpc) is 1.65. The SMILES string of the molecule is CC(C)C(=O)C[NH3+]. The van der Waals surface area contributed by atoms with Gasteiger partial charge in [-0.05, 0) is 0 Å². The second kappa shape index (κ2) is 2.75. The molecule has 0 aliphatic carbocycles. The normalized spacial score (nSPS) is 9.71. The zero-order valence-corrected chi connectivity index (χ0v) is 4.90. The molecule has 0 saturated carbocycles. The zero-order valence-electron chi connectivity index (χ0n) is 4.90. The lowest BCUT2D eigenvalue weighted by Gasteiger charge is -1.93. The summed E-state index contributed by atoms with van der Waals surface area (Å²) in [5.41, 5.74) is 3.46. The van der Waals surface area contributed by atoms with Crippen LogP contribution in [0.1, 0.15) is 13.8 Å².